The van der Waals surface area contributed by atoms with Gasteiger partial charge in [-0.3, -0.25) is 4.79 Å². The van der Waals surface area contributed by atoms with Crippen LogP contribution in [0, 0.1) is 6.92 Å². The SMILES string of the molecule is CC(=O)CNCCc1cccc(C)c1. The van der Waals surface area contributed by atoms with Crippen molar-refractivity contribution in [2.24, 2.45) is 0 Å². The standard InChI is InChI=1S/C12H17NO/c1-10-4-3-5-12(8-10)6-7-13-9-11(2)14/h3-5,8,13H,6-7,9H2,1-2H3. The Kier molecular flexibility index (Phi) is 4.33. The van der Waals surface area contributed by atoms with E-state index in [2.05, 4.69) is 36.5 Å². The van der Waals surface area contributed by atoms with Crippen LogP contribution >= 0.6 is 0 Å². The van der Waals surface area contributed by atoms with Crippen LogP contribution in [0.25, 0.3) is 0 Å². The quantitative estimate of drug-likeness (QED) is 0.718. The van der Waals surface area contributed by atoms with E-state index in [1.54, 1.807) is 6.92 Å². The highest BCUT2D eigenvalue weighted by atomic mass is 16.1. The smallest absolute Gasteiger partial charge is 0.143 e. The second-order valence-corrected chi connectivity index (χ2v) is 3.62. The van der Waals surface area contributed by atoms with Crippen LogP contribution in [0.15, 0.2) is 24.3 Å². The van der Waals surface area contributed by atoms with Crippen molar-refractivity contribution in [2.75, 3.05) is 13.1 Å². The van der Waals surface area contributed by atoms with E-state index in [9.17, 15) is 4.79 Å². The zero-order valence-corrected chi connectivity index (χ0v) is 8.84. The van der Waals surface area contributed by atoms with E-state index in [0.29, 0.717) is 6.54 Å². The molecule has 0 aromatic heterocycles. The first kappa shape index (κ1) is 10.9. The number of ketones is 1. The zero-order valence-electron chi connectivity index (χ0n) is 8.84. The van der Waals surface area contributed by atoms with Crippen LogP contribution in [0.2, 0.25) is 0 Å². The highest BCUT2D eigenvalue weighted by Crippen LogP contribution is 2.03. The predicted octanol–water partition coefficient (Wildman–Crippen LogP) is 1.72. The number of nitrogens with one attached hydrogen (secondary N) is 1. The summed E-state index contributed by atoms with van der Waals surface area (Å²) in [5.41, 5.74) is 2.61. The third-order valence-electron chi connectivity index (χ3n) is 2.05. The van der Waals surface area contributed by atoms with Gasteiger partial charge in [0, 0.05) is 0 Å². The summed E-state index contributed by atoms with van der Waals surface area (Å²) in [7, 11) is 0. The molecule has 2 heteroatoms. The average Bonchev–Trinajstić information content (AvgIpc) is 2.12. The lowest BCUT2D eigenvalue weighted by Gasteiger charge is -2.03. The van der Waals surface area contributed by atoms with Gasteiger partial charge in [0.15, 0.2) is 0 Å². The van der Waals surface area contributed by atoms with Crippen LogP contribution in [0.3, 0.4) is 0 Å². The lowest BCUT2D eigenvalue weighted by atomic mass is 10.1. The predicted molar refractivity (Wildman–Crippen MR) is 58.4 cm³/mol. The highest BCUT2D eigenvalue weighted by Gasteiger charge is 1.94. The fourth-order valence-corrected chi connectivity index (χ4v) is 1.36. The molecular formula is C12H17NO. The maximum atomic E-state index is 10.6. The van der Waals surface area contributed by atoms with E-state index in [4.69, 9.17) is 0 Å². The van der Waals surface area contributed by atoms with Crippen molar-refractivity contribution in [3.63, 3.8) is 0 Å². The van der Waals surface area contributed by atoms with Crippen LogP contribution in [0.4, 0.5) is 0 Å². The van der Waals surface area contributed by atoms with Crippen LogP contribution in [-0.2, 0) is 11.2 Å². The molecule has 0 unspecified atom stereocenters. The van der Waals surface area contributed by atoms with Gasteiger partial charge in [0.2, 0.25) is 0 Å². The molecule has 0 aliphatic heterocycles. The lowest BCUT2D eigenvalue weighted by molar-refractivity contribution is -0.116. The van der Waals surface area contributed by atoms with Crippen molar-refractivity contribution >= 4 is 5.78 Å². The molecule has 0 saturated carbocycles. The molecule has 14 heavy (non-hydrogen) atoms. The van der Waals surface area contributed by atoms with Crippen molar-refractivity contribution in [3.05, 3.63) is 35.4 Å². The second-order valence-electron chi connectivity index (χ2n) is 3.62. The minimum atomic E-state index is 0.189. The first-order valence-corrected chi connectivity index (χ1v) is 4.94. The van der Waals surface area contributed by atoms with Gasteiger partial charge >= 0.3 is 0 Å². The third-order valence-corrected chi connectivity index (χ3v) is 2.05. The fraction of sp³-hybridized carbons (Fsp3) is 0.417. The van der Waals surface area contributed by atoms with Crippen LogP contribution < -0.4 is 5.32 Å². The highest BCUT2D eigenvalue weighted by molar-refractivity contribution is 5.77. The molecule has 76 valence electrons. The number of hydrogen-bond acceptors (Lipinski definition) is 2. The molecule has 1 rings (SSSR count). The average molecular weight is 191 g/mol. The van der Waals surface area contributed by atoms with E-state index in [1.165, 1.54) is 11.1 Å². The lowest BCUT2D eigenvalue weighted by Crippen LogP contribution is -2.23. The molecule has 0 aliphatic rings. The molecule has 0 amide bonds. The Balaban J connectivity index is 2.28. The van der Waals surface area contributed by atoms with E-state index in [1.807, 2.05) is 0 Å². The molecule has 0 radical (unpaired) electrons. The number of benzene rings is 1. The first-order chi connectivity index (χ1) is 6.68. The summed E-state index contributed by atoms with van der Waals surface area (Å²) in [6.07, 6.45) is 0.981. The van der Waals surface area contributed by atoms with Crippen molar-refractivity contribution in [1.82, 2.24) is 5.32 Å². The first-order valence-electron chi connectivity index (χ1n) is 4.94. The monoisotopic (exact) mass is 191 g/mol. The van der Waals surface area contributed by atoms with Crippen molar-refractivity contribution < 1.29 is 4.79 Å². The normalized spacial score (nSPS) is 10.1. The number of hydrogen-bond donors (Lipinski definition) is 1. The van der Waals surface area contributed by atoms with Crippen LogP contribution in [0.1, 0.15) is 18.1 Å². The summed E-state index contributed by atoms with van der Waals surface area (Å²) in [4.78, 5) is 10.6. The van der Waals surface area contributed by atoms with E-state index in [-0.39, 0.29) is 5.78 Å². The molecule has 0 fully saturated rings. The summed E-state index contributed by atoms with van der Waals surface area (Å²) in [5, 5.41) is 3.10. The molecule has 0 atom stereocenters. The summed E-state index contributed by atoms with van der Waals surface area (Å²) in [5.74, 6) is 0.189. The van der Waals surface area contributed by atoms with E-state index in [0.717, 1.165) is 13.0 Å². The molecule has 1 N–H and O–H groups in total. The minimum Gasteiger partial charge on any atom is -0.310 e. The molecule has 0 spiro atoms. The van der Waals surface area contributed by atoms with Gasteiger partial charge in [-0.2, -0.15) is 0 Å². The van der Waals surface area contributed by atoms with Gasteiger partial charge in [0.25, 0.3) is 0 Å². The molecular weight excluding hydrogens is 174 g/mol. The molecule has 2 nitrogen and oxygen atoms in total. The van der Waals surface area contributed by atoms with Gasteiger partial charge in [-0.15, -0.1) is 0 Å². The van der Waals surface area contributed by atoms with Gasteiger partial charge < -0.3 is 5.32 Å². The Morgan fingerprint density at radius 3 is 2.86 bits per heavy atom. The van der Waals surface area contributed by atoms with Gasteiger partial charge in [0.05, 0.1) is 6.54 Å². The van der Waals surface area contributed by atoms with Crippen molar-refractivity contribution in [1.29, 1.82) is 0 Å². The Morgan fingerprint density at radius 2 is 2.21 bits per heavy atom. The summed E-state index contributed by atoms with van der Waals surface area (Å²) < 4.78 is 0. The summed E-state index contributed by atoms with van der Waals surface area (Å²) >= 11 is 0. The van der Waals surface area contributed by atoms with Crippen LogP contribution in [0.5, 0.6) is 0 Å². The van der Waals surface area contributed by atoms with Crippen LogP contribution in [-0.4, -0.2) is 18.9 Å². The second kappa shape index (κ2) is 5.55. The molecule has 1 aromatic rings. The van der Waals surface area contributed by atoms with Gasteiger partial charge in [-0.1, -0.05) is 29.8 Å². The zero-order chi connectivity index (χ0) is 10.4. The van der Waals surface area contributed by atoms with Gasteiger partial charge in [0.1, 0.15) is 5.78 Å². The Labute approximate surface area is 85.3 Å². The molecule has 0 bridgehead atoms. The van der Waals surface area contributed by atoms with Crippen molar-refractivity contribution in [3.8, 4) is 0 Å². The summed E-state index contributed by atoms with van der Waals surface area (Å²) in [6, 6.07) is 8.44. The number of aryl methyl sites for hydroxylation is 1. The minimum absolute atomic E-state index is 0.189. The van der Waals surface area contributed by atoms with E-state index >= 15 is 0 Å². The number of carbonyl (C=O) groups excluding carboxylic acids is 1. The number of Topliss-reactive ketones (excluding diaryl/α,β-unsaturated/α-hetero) is 1. The molecule has 0 saturated heterocycles. The molecule has 0 heterocycles. The molecule has 1 aromatic carbocycles. The Bertz CT molecular complexity index is 307. The largest absolute Gasteiger partial charge is 0.310 e. The fourth-order valence-electron chi connectivity index (χ4n) is 1.36. The van der Waals surface area contributed by atoms with Crippen molar-refractivity contribution in [2.45, 2.75) is 20.3 Å². The molecule has 0 aliphatic carbocycles. The van der Waals surface area contributed by atoms with Gasteiger partial charge in [-0.05, 0) is 32.4 Å². The number of carbonyl (C=O) groups is 1. The maximum Gasteiger partial charge on any atom is 0.143 e. The Morgan fingerprint density at radius 1 is 1.43 bits per heavy atom. The van der Waals surface area contributed by atoms with Gasteiger partial charge in [-0.25, -0.2) is 0 Å². The topological polar surface area (TPSA) is 29.1 Å². The maximum absolute atomic E-state index is 10.6. The third kappa shape index (κ3) is 4.19. The Hall–Kier alpha value is -1.15. The summed E-state index contributed by atoms with van der Waals surface area (Å²) in [6.45, 7) is 5.03. The van der Waals surface area contributed by atoms with E-state index < -0.39 is 0 Å². The number of rotatable bonds is 5.